The van der Waals surface area contributed by atoms with Gasteiger partial charge in [0.2, 0.25) is 5.91 Å². The molecule has 0 saturated carbocycles. The van der Waals surface area contributed by atoms with E-state index >= 15 is 0 Å². The Morgan fingerprint density at radius 3 is 2.67 bits per heavy atom. The van der Waals surface area contributed by atoms with Crippen molar-refractivity contribution in [2.24, 2.45) is 5.92 Å². The predicted molar refractivity (Wildman–Crippen MR) is 119 cm³/mol. The molecule has 1 atom stereocenters. The molecule has 0 radical (unpaired) electrons. The highest BCUT2D eigenvalue weighted by Gasteiger charge is 2.31. The van der Waals surface area contributed by atoms with Crippen molar-refractivity contribution >= 4 is 17.5 Å². The van der Waals surface area contributed by atoms with E-state index in [9.17, 15) is 4.79 Å². The molecule has 3 heterocycles. The Hall–Kier alpha value is -2.67. The minimum Gasteiger partial charge on any atom is -0.384 e. The monoisotopic (exact) mass is 408 g/mol. The van der Waals surface area contributed by atoms with Gasteiger partial charge >= 0.3 is 0 Å². The molecule has 2 saturated heterocycles. The topological polar surface area (TPSA) is 87.4 Å². The van der Waals surface area contributed by atoms with Crippen LogP contribution in [0.2, 0.25) is 0 Å². The number of hydrogen-bond acceptors (Lipinski definition) is 6. The number of aromatic nitrogens is 2. The van der Waals surface area contributed by atoms with Gasteiger partial charge in [0, 0.05) is 38.3 Å². The van der Waals surface area contributed by atoms with Crippen LogP contribution in [0.5, 0.6) is 0 Å². The van der Waals surface area contributed by atoms with Crippen LogP contribution in [-0.4, -0.2) is 59.5 Å². The molecule has 2 aliphatic heterocycles. The van der Waals surface area contributed by atoms with Gasteiger partial charge in [-0.15, -0.1) is 0 Å². The largest absolute Gasteiger partial charge is 0.384 e. The zero-order valence-corrected chi connectivity index (χ0v) is 17.5. The van der Waals surface area contributed by atoms with E-state index in [-0.39, 0.29) is 11.8 Å². The van der Waals surface area contributed by atoms with Gasteiger partial charge in [-0.25, -0.2) is 9.97 Å². The summed E-state index contributed by atoms with van der Waals surface area (Å²) in [6.07, 6.45) is 6.68. The molecule has 160 valence electrons. The smallest absolute Gasteiger partial charge is 0.224 e. The molecular weight excluding hydrogens is 376 g/mol. The number of likely N-dealkylation sites (tertiary alicyclic amines) is 1. The first-order chi connectivity index (χ1) is 14.7. The molecule has 0 unspecified atom stereocenters. The van der Waals surface area contributed by atoms with Crippen molar-refractivity contribution in [3.8, 4) is 0 Å². The lowest BCUT2D eigenvalue weighted by Gasteiger charge is -2.42. The number of amides is 1. The van der Waals surface area contributed by atoms with Crippen LogP contribution in [0.1, 0.15) is 31.2 Å². The van der Waals surface area contributed by atoms with Gasteiger partial charge in [0.05, 0.1) is 5.92 Å². The second-order valence-electron chi connectivity index (χ2n) is 8.38. The van der Waals surface area contributed by atoms with Gasteiger partial charge in [0.25, 0.3) is 0 Å². The summed E-state index contributed by atoms with van der Waals surface area (Å²) in [7, 11) is 0. The van der Waals surface area contributed by atoms with E-state index < -0.39 is 0 Å². The lowest BCUT2D eigenvalue weighted by atomic mass is 9.93. The van der Waals surface area contributed by atoms with E-state index in [4.69, 9.17) is 5.73 Å². The number of carbonyl (C=O) groups is 1. The molecule has 7 nitrogen and oxygen atoms in total. The van der Waals surface area contributed by atoms with Crippen LogP contribution in [0.4, 0.5) is 11.6 Å². The Kier molecular flexibility index (Phi) is 6.79. The minimum absolute atomic E-state index is 0.106. The SMILES string of the molecule is Nc1cc(N2CCC(N3CCC[C@@H](C(=O)NCCc4ccccc4)C3)CC2)ncn1. The van der Waals surface area contributed by atoms with E-state index in [1.165, 1.54) is 11.9 Å². The lowest BCUT2D eigenvalue weighted by molar-refractivity contribution is -0.127. The second kappa shape index (κ2) is 9.89. The van der Waals surface area contributed by atoms with E-state index in [1.54, 1.807) is 0 Å². The molecule has 7 heteroatoms. The number of nitrogens with zero attached hydrogens (tertiary/aromatic N) is 4. The number of anilines is 2. The summed E-state index contributed by atoms with van der Waals surface area (Å²) >= 11 is 0. The average molecular weight is 409 g/mol. The standard InChI is InChI=1S/C23H32N6O/c24-21-15-22(27-17-26-21)28-13-9-20(10-14-28)29-12-4-7-19(16-29)23(30)25-11-8-18-5-2-1-3-6-18/h1-3,5-6,15,17,19-20H,4,7-14,16H2,(H,25,30)(H2,24,26,27)/t19-/m1/s1. The van der Waals surface area contributed by atoms with Gasteiger partial charge in [0.1, 0.15) is 18.0 Å². The Morgan fingerprint density at radius 1 is 1.10 bits per heavy atom. The number of carbonyl (C=O) groups excluding carboxylic acids is 1. The fraction of sp³-hybridized carbons (Fsp3) is 0.522. The number of piperidine rings is 2. The third-order valence-corrected chi connectivity index (χ3v) is 6.36. The molecular formula is C23H32N6O. The summed E-state index contributed by atoms with van der Waals surface area (Å²) in [6.45, 7) is 4.61. The van der Waals surface area contributed by atoms with Crippen molar-refractivity contribution in [3.05, 3.63) is 48.3 Å². The van der Waals surface area contributed by atoms with Crippen molar-refractivity contribution < 1.29 is 4.79 Å². The lowest BCUT2D eigenvalue weighted by Crippen LogP contribution is -2.51. The highest BCUT2D eigenvalue weighted by molar-refractivity contribution is 5.79. The highest BCUT2D eigenvalue weighted by Crippen LogP contribution is 2.26. The summed E-state index contributed by atoms with van der Waals surface area (Å²) in [5, 5.41) is 3.16. The maximum Gasteiger partial charge on any atom is 0.224 e. The maximum absolute atomic E-state index is 12.7. The van der Waals surface area contributed by atoms with Crippen molar-refractivity contribution in [1.82, 2.24) is 20.2 Å². The highest BCUT2D eigenvalue weighted by atomic mass is 16.1. The summed E-state index contributed by atoms with van der Waals surface area (Å²) < 4.78 is 0. The predicted octanol–water partition coefficient (Wildman–Crippen LogP) is 2.10. The fourth-order valence-corrected chi connectivity index (χ4v) is 4.67. The number of rotatable bonds is 6. The minimum atomic E-state index is 0.106. The van der Waals surface area contributed by atoms with Gasteiger partial charge in [0.15, 0.2) is 0 Å². The average Bonchev–Trinajstić information content (AvgIpc) is 2.80. The number of nitrogen functional groups attached to an aromatic ring is 1. The molecule has 2 aliphatic rings. The molecule has 3 N–H and O–H groups in total. The molecule has 1 aromatic heterocycles. The van der Waals surface area contributed by atoms with Crippen LogP contribution in [0.15, 0.2) is 42.7 Å². The van der Waals surface area contributed by atoms with Gasteiger partial charge in [-0.2, -0.15) is 0 Å². The Balaban J connectivity index is 1.23. The first kappa shape index (κ1) is 20.6. The summed E-state index contributed by atoms with van der Waals surface area (Å²) in [6, 6.07) is 12.7. The molecule has 0 aliphatic carbocycles. The zero-order chi connectivity index (χ0) is 20.8. The molecule has 2 fully saturated rings. The fourth-order valence-electron chi connectivity index (χ4n) is 4.67. The van der Waals surface area contributed by atoms with Crippen molar-refractivity contribution in [2.75, 3.05) is 43.4 Å². The molecule has 1 amide bonds. The maximum atomic E-state index is 12.7. The molecule has 2 aromatic rings. The summed E-state index contributed by atoms with van der Waals surface area (Å²) in [5.74, 6) is 1.74. The van der Waals surface area contributed by atoms with E-state index in [1.807, 2.05) is 24.3 Å². The molecule has 30 heavy (non-hydrogen) atoms. The Bertz CT molecular complexity index is 821. The first-order valence-electron chi connectivity index (χ1n) is 11.1. The second-order valence-corrected chi connectivity index (χ2v) is 8.38. The van der Waals surface area contributed by atoms with Gasteiger partial charge in [-0.05, 0) is 44.2 Å². The molecule has 1 aromatic carbocycles. The Labute approximate surface area is 178 Å². The Morgan fingerprint density at radius 2 is 1.90 bits per heavy atom. The zero-order valence-electron chi connectivity index (χ0n) is 17.5. The van der Waals surface area contributed by atoms with Crippen molar-refractivity contribution in [2.45, 2.75) is 38.1 Å². The first-order valence-corrected chi connectivity index (χ1v) is 11.1. The van der Waals surface area contributed by atoms with E-state index in [0.717, 1.165) is 64.1 Å². The van der Waals surface area contributed by atoms with Crippen LogP contribution < -0.4 is 16.0 Å². The number of nitrogens with two attached hydrogens (primary N) is 1. The van der Waals surface area contributed by atoms with Gasteiger partial charge in [-0.3, -0.25) is 9.69 Å². The van der Waals surface area contributed by atoms with Crippen LogP contribution in [0.3, 0.4) is 0 Å². The third-order valence-electron chi connectivity index (χ3n) is 6.36. The van der Waals surface area contributed by atoms with E-state index in [2.05, 4.69) is 37.2 Å². The van der Waals surface area contributed by atoms with Crippen LogP contribution in [0, 0.1) is 5.92 Å². The van der Waals surface area contributed by atoms with E-state index in [0.29, 0.717) is 18.4 Å². The number of benzene rings is 1. The van der Waals surface area contributed by atoms with Crippen LogP contribution in [0.25, 0.3) is 0 Å². The number of nitrogens with one attached hydrogen (secondary N) is 1. The summed E-state index contributed by atoms with van der Waals surface area (Å²) in [4.78, 5) is 25.9. The van der Waals surface area contributed by atoms with Crippen molar-refractivity contribution in [3.63, 3.8) is 0 Å². The molecule has 0 bridgehead atoms. The van der Waals surface area contributed by atoms with Gasteiger partial charge < -0.3 is 16.0 Å². The van der Waals surface area contributed by atoms with Gasteiger partial charge in [-0.1, -0.05) is 30.3 Å². The number of hydrogen-bond donors (Lipinski definition) is 2. The molecule has 4 rings (SSSR count). The summed E-state index contributed by atoms with van der Waals surface area (Å²) in [5.41, 5.74) is 7.06. The quantitative estimate of drug-likeness (QED) is 0.761. The van der Waals surface area contributed by atoms with Crippen LogP contribution >= 0.6 is 0 Å². The normalized spacial score (nSPS) is 20.8. The van der Waals surface area contributed by atoms with Crippen LogP contribution in [-0.2, 0) is 11.2 Å². The third kappa shape index (κ3) is 5.27. The van der Waals surface area contributed by atoms with Crippen molar-refractivity contribution in [1.29, 1.82) is 0 Å². The molecule has 0 spiro atoms.